The quantitative estimate of drug-likeness (QED) is 0.861. The van der Waals surface area contributed by atoms with Gasteiger partial charge in [-0.2, -0.15) is 0 Å². The maximum atomic E-state index is 12.8. The molecule has 1 aromatic rings. The van der Waals surface area contributed by atoms with Crippen LogP contribution in [0.15, 0.2) is 6.07 Å². The van der Waals surface area contributed by atoms with Gasteiger partial charge >= 0.3 is 0 Å². The molecule has 8 heteroatoms. The molecule has 1 aromatic heterocycles. The molecule has 1 unspecified atom stereocenters. The number of rotatable bonds is 5. The molecule has 0 bridgehead atoms. The van der Waals surface area contributed by atoms with Gasteiger partial charge in [-0.1, -0.05) is 0 Å². The van der Waals surface area contributed by atoms with E-state index in [1.807, 2.05) is 6.92 Å². The third kappa shape index (κ3) is 3.80. The number of nitrogens with one attached hydrogen (secondary N) is 1. The molecule has 1 saturated heterocycles. The van der Waals surface area contributed by atoms with E-state index in [-0.39, 0.29) is 23.5 Å². The van der Waals surface area contributed by atoms with Crippen molar-refractivity contribution in [2.24, 2.45) is 0 Å². The predicted molar refractivity (Wildman–Crippen MR) is 87.2 cm³/mol. The highest BCUT2D eigenvalue weighted by molar-refractivity contribution is 7.91. The third-order valence-corrected chi connectivity index (χ3v) is 5.99. The Morgan fingerprint density at radius 3 is 2.65 bits per heavy atom. The largest absolute Gasteiger partial charge is 0.367 e. The van der Waals surface area contributed by atoms with Gasteiger partial charge in [0.15, 0.2) is 9.84 Å². The molecular weight excluding hydrogens is 316 g/mol. The Morgan fingerprint density at radius 2 is 2.09 bits per heavy atom. The van der Waals surface area contributed by atoms with E-state index < -0.39 is 9.84 Å². The minimum absolute atomic E-state index is 0.0455. The third-order valence-electron chi connectivity index (χ3n) is 4.24. The number of sulfone groups is 1. The number of anilines is 1. The molecule has 1 aliphatic carbocycles. The Bertz CT molecular complexity index is 715. The van der Waals surface area contributed by atoms with Crippen LogP contribution in [0.5, 0.6) is 0 Å². The number of nitrogens with zero attached hydrogens (tertiary/aromatic N) is 3. The summed E-state index contributed by atoms with van der Waals surface area (Å²) in [6, 6.07) is 1.85. The highest BCUT2D eigenvalue weighted by Crippen LogP contribution is 2.25. The van der Waals surface area contributed by atoms with E-state index in [2.05, 4.69) is 15.3 Å². The molecule has 3 rings (SSSR count). The molecule has 1 N–H and O–H groups in total. The molecule has 0 spiro atoms. The highest BCUT2D eigenvalue weighted by Gasteiger charge is 2.35. The summed E-state index contributed by atoms with van der Waals surface area (Å²) in [5, 5.41) is 3.27. The maximum absolute atomic E-state index is 12.8. The number of hydrogen-bond donors (Lipinski definition) is 1. The van der Waals surface area contributed by atoms with Crippen molar-refractivity contribution in [2.75, 3.05) is 23.4 Å². The summed E-state index contributed by atoms with van der Waals surface area (Å²) in [5.41, 5.74) is 0.326. The van der Waals surface area contributed by atoms with Crippen LogP contribution in [0, 0.1) is 6.92 Å². The molecule has 1 aliphatic heterocycles. The SMILES string of the molecule is CCN(C(=O)c1cc(NC2CC2)nc(C)n1)C1CCS(=O)(=O)C1. The minimum Gasteiger partial charge on any atom is -0.367 e. The summed E-state index contributed by atoms with van der Waals surface area (Å²) in [6.45, 7) is 4.08. The molecule has 2 fully saturated rings. The fourth-order valence-electron chi connectivity index (χ4n) is 2.92. The van der Waals surface area contributed by atoms with Gasteiger partial charge in [0.1, 0.15) is 17.3 Å². The number of aromatic nitrogens is 2. The van der Waals surface area contributed by atoms with Crippen molar-refractivity contribution in [1.82, 2.24) is 14.9 Å². The standard InChI is InChI=1S/C15H22N4O3S/c1-3-19(12-6-7-23(21,22)9-12)15(20)13-8-14(17-10(2)16-13)18-11-4-5-11/h8,11-12H,3-7,9H2,1-2H3,(H,16,17,18). The van der Waals surface area contributed by atoms with Crippen molar-refractivity contribution in [3.63, 3.8) is 0 Å². The molecule has 2 heterocycles. The average molecular weight is 338 g/mol. The lowest BCUT2D eigenvalue weighted by Gasteiger charge is -2.26. The van der Waals surface area contributed by atoms with E-state index in [0.717, 1.165) is 12.8 Å². The van der Waals surface area contributed by atoms with E-state index in [1.165, 1.54) is 0 Å². The van der Waals surface area contributed by atoms with Crippen molar-refractivity contribution in [2.45, 2.75) is 45.2 Å². The van der Waals surface area contributed by atoms with Crippen LogP contribution in [0.4, 0.5) is 5.82 Å². The Hall–Kier alpha value is -1.70. The van der Waals surface area contributed by atoms with Gasteiger partial charge in [0, 0.05) is 24.7 Å². The molecule has 1 saturated carbocycles. The Balaban J connectivity index is 1.81. The van der Waals surface area contributed by atoms with Gasteiger partial charge in [-0.05, 0) is 33.1 Å². The van der Waals surface area contributed by atoms with Crippen LogP contribution < -0.4 is 5.32 Å². The Morgan fingerprint density at radius 1 is 1.35 bits per heavy atom. The van der Waals surface area contributed by atoms with Crippen molar-refractivity contribution < 1.29 is 13.2 Å². The van der Waals surface area contributed by atoms with Crippen molar-refractivity contribution >= 4 is 21.6 Å². The molecule has 7 nitrogen and oxygen atoms in total. The fraction of sp³-hybridized carbons (Fsp3) is 0.667. The lowest BCUT2D eigenvalue weighted by molar-refractivity contribution is 0.0702. The zero-order valence-electron chi connectivity index (χ0n) is 13.4. The number of carbonyl (C=O) groups is 1. The molecule has 23 heavy (non-hydrogen) atoms. The monoisotopic (exact) mass is 338 g/mol. The summed E-state index contributed by atoms with van der Waals surface area (Å²) in [4.78, 5) is 23.0. The van der Waals surface area contributed by atoms with Crippen molar-refractivity contribution in [3.8, 4) is 0 Å². The van der Waals surface area contributed by atoms with Gasteiger partial charge in [-0.3, -0.25) is 4.79 Å². The van der Waals surface area contributed by atoms with E-state index in [1.54, 1.807) is 17.9 Å². The van der Waals surface area contributed by atoms with Crippen LogP contribution in [0.1, 0.15) is 42.5 Å². The number of amides is 1. The first-order valence-corrected chi connectivity index (χ1v) is 9.83. The smallest absolute Gasteiger partial charge is 0.272 e. The average Bonchev–Trinajstić information content (AvgIpc) is 3.21. The molecule has 0 radical (unpaired) electrons. The van der Waals surface area contributed by atoms with Gasteiger partial charge in [0.2, 0.25) is 0 Å². The first kappa shape index (κ1) is 16.2. The molecule has 126 valence electrons. The van der Waals surface area contributed by atoms with Crippen LogP contribution in [0.25, 0.3) is 0 Å². The van der Waals surface area contributed by atoms with Gasteiger partial charge in [0.25, 0.3) is 5.91 Å². The van der Waals surface area contributed by atoms with E-state index in [4.69, 9.17) is 0 Å². The lowest BCUT2D eigenvalue weighted by Crippen LogP contribution is -2.41. The number of aryl methyl sites for hydroxylation is 1. The van der Waals surface area contributed by atoms with Gasteiger partial charge in [-0.25, -0.2) is 18.4 Å². The summed E-state index contributed by atoms with van der Waals surface area (Å²) in [5.74, 6) is 1.18. The molecule has 0 aromatic carbocycles. The van der Waals surface area contributed by atoms with Crippen LogP contribution in [-0.2, 0) is 9.84 Å². The Kier molecular flexibility index (Phi) is 4.27. The molecule has 1 atom stereocenters. The van der Waals surface area contributed by atoms with E-state index in [0.29, 0.717) is 36.3 Å². The molecule has 1 amide bonds. The van der Waals surface area contributed by atoms with E-state index >= 15 is 0 Å². The van der Waals surface area contributed by atoms with Crippen LogP contribution in [0.3, 0.4) is 0 Å². The molecular formula is C15H22N4O3S. The van der Waals surface area contributed by atoms with Gasteiger partial charge in [-0.15, -0.1) is 0 Å². The lowest BCUT2D eigenvalue weighted by atomic mass is 10.2. The highest BCUT2D eigenvalue weighted by atomic mass is 32.2. The second kappa shape index (κ2) is 6.07. The number of carbonyl (C=O) groups excluding carboxylic acids is 1. The normalized spacial score (nSPS) is 22.8. The second-order valence-corrected chi connectivity index (χ2v) is 8.48. The number of hydrogen-bond acceptors (Lipinski definition) is 6. The predicted octanol–water partition coefficient (Wildman–Crippen LogP) is 1.01. The summed E-state index contributed by atoms with van der Waals surface area (Å²) < 4.78 is 23.4. The summed E-state index contributed by atoms with van der Waals surface area (Å²) in [7, 11) is -3.03. The zero-order chi connectivity index (χ0) is 16.6. The maximum Gasteiger partial charge on any atom is 0.272 e. The Labute approximate surface area is 136 Å². The molecule has 2 aliphatic rings. The summed E-state index contributed by atoms with van der Waals surface area (Å²) >= 11 is 0. The zero-order valence-corrected chi connectivity index (χ0v) is 14.3. The topological polar surface area (TPSA) is 92.3 Å². The van der Waals surface area contributed by atoms with Crippen molar-refractivity contribution in [1.29, 1.82) is 0 Å². The first-order valence-electron chi connectivity index (χ1n) is 8.01. The van der Waals surface area contributed by atoms with Crippen LogP contribution in [0.2, 0.25) is 0 Å². The summed E-state index contributed by atoms with van der Waals surface area (Å²) in [6.07, 6.45) is 2.74. The van der Waals surface area contributed by atoms with Crippen LogP contribution in [-0.4, -0.2) is 59.3 Å². The minimum atomic E-state index is -3.03. The second-order valence-electron chi connectivity index (χ2n) is 6.25. The van der Waals surface area contributed by atoms with E-state index in [9.17, 15) is 13.2 Å². The van der Waals surface area contributed by atoms with Crippen LogP contribution >= 0.6 is 0 Å². The first-order chi connectivity index (χ1) is 10.9. The fourth-order valence-corrected chi connectivity index (χ4v) is 4.65. The van der Waals surface area contributed by atoms with Gasteiger partial charge < -0.3 is 10.2 Å². The van der Waals surface area contributed by atoms with Crippen molar-refractivity contribution in [3.05, 3.63) is 17.6 Å². The van der Waals surface area contributed by atoms with Gasteiger partial charge in [0.05, 0.1) is 11.5 Å².